The highest BCUT2D eigenvalue weighted by Crippen LogP contribution is 2.42. The normalized spacial score (nSPS) is 14.2. The Bertz CT molecular complexity index is 1470. The first-order valence-electron chi connectivity index (χ1n) is 11.1. The third kappa shape index (κ3) is 5.59. The maximum Gasteiger partial charge on any atom is 0.319 e. The van der Waals surface area contributed by atoms with E-state index in [-0.39, 0.29) is 46.0 Å². The van der Waals surface area contributed by atoms with Crippen LogP contribution in [0.1, 0.15) is 0 Å². The fourth-order valence-corrected chi connectivity index (χ4v) is 4.68. The van der Waals surface area contributed by atoms with Crippen LogP contribution in [0.3, 0.4) is 0 Å². The molecule has 0 saturated carbocycles. The van der Waals surface area contributed by atoms with Gasteiger partial charge in [0.2, 0.25) is 5.91 Å². The van der Waals surface area contributed by atoms with E-state index in [0.717, 1.165) is 12.3 Å². The number of phenols is 1. The molecule has 4 rings (SSSR count). The average molecular weight is 553 g/mol. The Hall–Kier alpha value is -3.51. The lowest BCUT2D eigenvalue weighted by atomic mass is 10.0. The summed E-state index contributed by atoms with van der Waals surface area (Å²) in [5, 5.41) is 10.3. The topological polar surface area (TPSA) is 113 Å². The minimum atomic E-state index is -3.35. The van der Waals surface area contributed by atoms with Crippen LogP contribution in [0.25, 0.3) is 22.0 Å². The lowest BCUT2D eigenvalue weighted by Gasteiger charge is -2.35. The van der Waals surface area contributed by atoms with Gasteiger partial charge in [0.25, 0.3) is 0 Å². The minimum absolute atomic E-state index is 0.179. The Morgan fingerprint density at radius 3 is 2.54 bits per heavy atom. The predicted octanol–water partition coefficient (Wildman–Crippen LogP) is 3.19. The Morgan fingerprint density at radius 1 is 1.22 bits per heavy atom. The first-order chi connectivity index (χ1) is 17.5. The fraction of sp³-hybridized carbons (Fsp3) is 0.292. The van der Waals surface area contributed by atoms with E-state index in [1.54, 1.807) is 9.80 Å². The number of aromatic nitrogens is 2. The third-order valence-corrected chi connectivity index (χ3v) is 7.04. The number of aromatic hydroxyl groups is 1. The summed E-state index contributed by atoms with van der Waals surface area (Å²) in [6.45, 7) is 4.58. The molecule has 196 valence electrons. The number of carbonyl (C=O) groups is 1. The van der Waals surface area contributed by atoms with E-state index >= 15 is 4.39 Å². The van der Waals surface area contributed by atoms with Crippen LogP contribution < -0.4 is 9.64 Å². The SMILES string of the molecule is C=CC(=O)N1CCN(c2nc(OCCS(C)(=O)=O)nc3c(F)c(-c4c(O)cccc4F)c(Cl)cc23)CC1. The molecule has 1 amide bonds. The largest absolute Gasteiger partial charge is 0.507 e. The molecule has 0 atom stereocenters. The molecule has 1 N–H and O–H groups in total. The first kappa shape index (κ1) is 26.6. The number of sulfone groups is 1. The van der Waals surface area contributed by atoms with E-state index in [1.807, 2.05) is 0 Å². The number of rotatable bonds is 7. The summed E-state index contributed by atoms with van der Waals surface area (Å²) in [4.78, 5) is 23.9. The quantitative estimate of drug-likeness (QED) is 0.445. The molecule has 1 saturated heterocycles. The van der Waals surface area contributed by atoms with Crippen LogP contribution in [0.4, 0.5) is 14.6 Å². The van der Waals surface area contributed by atoms with Crippen molar-refractivity contribution in [3.63, 3.8) is 0 Å². The number of halogens is 3. The van der Waals surface area contributed by atoms with Crippen molar-refractivity contribution in [1.29, 1.82) is 0 Å². The highest BCUT2D eigenvalue weighted by Gasteiger charge is 2.27. The predicted molar refractivity (Wildman–Crippen MR) is 136 cm³/mol. The second-order valence-corrected chi connectivity index (χ2v) is 11.1. The van der Waals surface area contributed by atoms with E-state index in [4.69, 9.17) is 16.3 Å². The number of piperazine rings is 1. The van der Waals surface area contributed by atoms with Gasteiger partial charge in [0.05, 0.1) is 16.3 Å². The monoisotopic (exact) mass is 552 g/mol. The summed E-state index contributed by atoms with van der Waals surface area (Å²) in [6.07, 6.45) is 2.26. The molecule has 1 aromatic heterocycles. The van der Waals surface area contributed by atoms with E-state index in [2.05, 4.69) is 16.5 Å². The van der Waals surface area contributed by atoms with Crippen molar-refractivity contribution in [2.24, 2.45) is 0 Å². The maximum atomic E-state index is 15.9. The summed E-state index contributed by atoms with van der Waals surface area (Å²) >= 11 is 6.40. The van der Waals surface area contributed by atoms with Crippen molar-refractivity contribution in [3.8, 4) is 22.9 Å². The van der Waals surface area contributed by atoms with E-state index in [9.17, 15) is 22.7 Å². The van der Waals surface area contributed by atoms with Crippen molar-refractivity contribution in [2.75, 3.05) is 49.7 Å². The molecular weight excluding hydrogens is 530 g/mol. The Morgan fingerprint density at radius 2 is 1.92 bits per heavy atom. The van der Waals surface area contributed by atoms with Gasteiger partial charge in [-0.3, -0.25) is 4.79 Å². The lowest BCUT2D eigenvalue weighted by Crippen LogP contribution is -2.48. The molecule has 0 radical (unpaired) electrons. The molecule has 2 heterocycles. The van der Waals surface area contributed by atoms with Gasteiger partial charge in [-0.1, -0.05) is 24.2 Å². The standard InChI is InChI=1S/C24H23ClF2N4O5S/c1-3-18(33)30-7-9-31(10-8-30)23-14-13-15(25)19(20-16(26)5-4-6-17(20)32)21(27)22(14)28-24(29-23)36-11-12-37(2,34)35/h3-6,13,32H,1,7-12H2,2H3. The first-order valence-corrected chi connectivity index (χ1v) is 13.6. The number of phenolic OH excluding ortho intramolecular Hbond substituents is 1. The zero-order chi connectivity index (χ0) is 26.9. The second-order valence-electron chi connectivity index (χ2n) is 8.40. The number of amides is 1. The van der Waals surface area contributed by atoms with Gasteiger partial charge in [-0.25, -0.2) is 17.2 Å². The molecule has 9 nitrogen and oxygen atoms in total. The van der Waals surface area contributed by atoms with Gasteiger partial charge in [-0.05, 0) is 24.3 Å². The molecule has 0 spiro atoms. The van der Waals surface area contributed by atoms with Crippen molar-refractivity contribution in [2.45, 2.75) is 0 Å². The number of nitrogens with zero attached hydrogens (tertiary/aromatic N) is 4. The van der Waals surface area contributed by atoms with Crippen molar-refractivity contribution in [3.05, 3.63) is 53.6 Å². The zero-order valence-corrected chi connectivity index (χ0v) is 21.3. The highest BCUT2D eigenvalue weighted by atomic mass is 35.5. The number of fused-ring (bicyclic) bond motifs is 1. The number of carbonyl (C=O) groups excluding carboxylic acids is 1. The van der Waals surface area contributed by atoms with Crippen molar-refractivity contribution in [1.82, 2.24) is 14.9 Å². The molecule has 1 aliphatic rings. The van der Waals surface area contributed by atoms with E-state index in [1.165, 1.54) is 24.3 Å². The summed E-state index contributed by atoms with van der Waals surface area (Å²) in [5.41, 5.74) is -1.08. The summed E-state index contributed by atoms with van der Waals surface area (Å²) in [7, 11) is -3.35. The molecule has 3 aromatic rings. The van der Waals surface area contributed by atoms with Gasteiger partial charge in [0.15, 0.2) is 15.7 Å². The Labute approximate surface area is 216 Å². The fourth-order valence-electron chi connectivity index (χ4n) is 4.01. The molecule has 0 bridgehead atoms. The molecule has 1 aliphatic heterocycles. The van der Waals surface area contributed by atoms with Crippen LogP contribution >= 0.6 is 11.6 Å². The van der Waals surface area contributed by atoms with Crippen LogP contribution in [0.2, 0.25) is 5.02 Å². The number of anilines is 1. The molecule has 0 unspecified atom stereocenters. The van der Waals surface area contributed by atoms with Crippen molar-refractivity contribution >= 4 is 44.1 Å². The summed E-state index contributed by atoms with van der Waals surface area (Å²) in [6, 6.07) is 4.61. The number of benzene rings is 2. The molecule has 37 heavy (non-hydrogen) atoms. The van der Waals surface area contributed by atoms with Gasteiger partial charge in [0, 0.05) is 43.4 Å². The summed E-state index contributed by atoms with van der Waals surface area (Å²) < 4.78 is 59.0. The third-order valence-electron chi connectivity index (χ3n) is 5.83. The smallest absolute Gasteiger partial charge is 0.319 e. The van der Waals surface area contributed by atoms with Crippen LogP contribution in [0, 0.1) is 11.6 Å². The molecular formula is C24H23ClF2N4O5S. The average Bonchev–Trinajstić information content (AvgIpc) is 2.84. The highest BCUT2D eigenvalue weighted by molar-refractivity contribution is 7.90. The number of hydrogen-bond acceptors (Lipinski definition) is 8. The number of hydrogen-bond donors (Lipinski definition) is 1. The Kier molecular flexibility index (Phi) is 7.51. The van der Waals surface area contributed by atoms with Gasteiger partial charge in [-0.15, -0.1) is 0 Å². The molecule has 1 fully saturated rings. The van der Waals surface area contributed by atoms with Gasteiger partial charge in [0.1, 0.15) is 29.5 Å². The van der Waals surface area contributed by atoms with Crippen LogP contribution in [0.15, 0.2) is 36.9 Å². The number of ether oxygens (including phenoxy) is 1. The lowest BCUT2D eigenvalue weighted by molar-refractivity contribution is -0.126. The van der Waals surface area contributed by atoms with E-state index in [0.29, 0.717) is 26.2 Å². The molecule has 2 aromatic carbocycles. The van der Waals surface area contributed by atoms with Crippen LogP contribution in [-0.2, 0) is 14.6 Å². The zero-order valence-electron chi connectivity index (χ0n) is 19.7. The summed E-state index contributed by atoms with van der Waals surface area (Å²) in [5.74, 6) is -2.71. The second kappa shape index (κ2) is 10.5. The Balaban J connectivity index is 1.84. The van der Waals surface area contributed by atoms with Gasteiger partial charge < -0.3 is 19.6 Å². The van der Waals surface area contributed by atoms with E-state index < -0.39 is 38.3 Å². The van der Waals surface area contributed by atoms with Gasteiger partial charge in [-0.2, -0.15) is 9.97 Å². The maximum absolute atomic E-state index is 15.9. The minimum Gasteiger partial charge on any atom is -0.507 e. The molecule has 0 aliphatic carbocycles. The molecule has 13 heteroatoms. The van der Waals surface area contributed by atoms with Crippen LogP contribution in [-0.4, -0.2) is 79.1 Å². The van der Waals surface area contributed by atoms with Gasteiger partial charge >= 0.3 is 6.01 Å². The van der Waals surface area contributed by atoms with Crippen LogP contribution in [0.5, 0.6) is 11.8 Å². The van der Waals surface area contributed by atoms with Crippen molar-refractivity contribution < 1.29 is 31.8 Å².